The molecule has 3 rings (SSSR count). The molecule has 0 aliphatic carbocycles. The molecule has 2 heterocycles. The van der Waals surface area contributed by atoms with Crippen LogP contribution in [-0.2, 0) is 6.54 Å². The average Bonchev–Trinajstić information content (AvgIpc) is 2.99. The molecular weight excluding hydrogens is 300 g/mol. The molecule has 5 heteroatoms. The second-order valence-corrected chi connectivity index (χ2v) is 6.68. The fourth-order valence-corrected chi connectivity index (χ4v) is 3.39. The fourth-order valence-electron chi connectivity index (χ4n) is 3.39. The van der Waals surface area contributed by atoms with Crippen molar-refractivity contribution in [2.24, 2.45) is 0 Å². The van der Waals surface area contributed by atoms with Crippen LogP contribution in [0.3, 0.4) is 0 Å². The third-order valence-corrected chi connectivity index (χ3v) is 4.86. The van der Waals surface area contributed by atoms with Crippen LogP contribution in [0.5, 0.6) is 0 Å². The van der Waals surface area contributed by atoms with Crippen molar-refractivity contribution in [2.45, 2.75) is 31.8 Å². The Labute approximate surface area is 143 Å². The van der Waals surface area contributed by atoms with Gasteiger partial charge in [0.2, 0.25) is 0 Å². The van der Waals surface area contributed by atoms with Crippen molar-refractivity contribution in [2.75, 3.05) is 27.2 Å². The van der Waals surface area contributed by atoms with Crippen LogP contribution in [0.1, 0.15) is 24.8 Å². The van der Waals surface area contributed by atoms with Gasteiger partial charge in [-0.05, 0) is 56.6 Å². The third-order valence-electron chi connectivity index (χ3n) is 4.86. The van der Waals surface area contributed by atoms with Gasteiger partial charge in [0.25, 0.3) is 0 Å². The Hall–Kier alpha value is -2.14. The first-order valence-electron chi connectivity index (χ1n) is 8.66. The van der Waals surface area contributed by atoms with Crippen molar-refractivity contribution in [1.29, 1.82) is 0 Å². The van der Waals surface area contributed by atoms with Crippen LogP contribution in [0, 0.1) is 0 Å². The molecule has 5 nitrogen and oxygen atoms in total. The Morgan fingerprint density at radius 2 is 2.29 bits per heavy atom. The number of amides is 2. The highest BCUT2D eigenvalue weighted by Crippen LogP contribution is 2.17. The number of urea groups is 1. The Morgan fingerprint density at radius 3 is 3.08 bits per heavy atom. The van der Waals surface area contributed by atoms with Gasteiger partial charge in [0.15, 0.2) is 0 Å². The molecule has 0 bridgehead atoms. The van der Waals surface area contributed by atoms with E-state index >= 15 is 0 Å². The zero-order valence-electron chi connectivity index (χ0n) is 14.5. The number of carbonyl (C=O) groups is 1. The van der Waals surface area contributed by atoms with E-state index in [0.29, 0.717) is 12.6 Å². The fraction of sp³-hybridized carbons (Fsp3) is 0.474. The summed E-state index contributed by atoms with van der Waals surface area (Å²) in [4.78, 5) is 20.7. The molecule has 24 heavy (non-hydrogen) atoms. The van der Waals surface area contributed by atoms with Gasteiger partial charge in [-0.1, -0.05) is 12.1 Å². The van der Waals surface area contributed by atoms with Gasteiger partial charge in [-0.15, -0.1) is 0 Å². The first-order valence-corrected chi connectivity index (χ1v) is 8.66. The van der Waals surface area contributed by atoms with Crippen molar-refractivity contribution >= 4 is 16.9 Å². The maximum atomic E-state index is 12.3. The summed E-state index contributed by atoms with van der Waals surface area (Å²) in [6, 6.07) is 10.7. The molecular formula is C19H26N4O. The maximum Gasteiger partial charge on any atom is 0.317 e. The number of pyridine rings is 1. The Bertz CT molecular complexity index is 703. The van der Waals surface area contributed by atoms with Crippen LogP contribution in [-0.4, -0.2) is 54.0 Å². The maximum absolute atomic E-state index is 12.3. The van der Waals surface area contributed by atoms with Crippen LogP contribution in [0.25, 0.3) is 10.9 Å². The summed E-state index contributed by atoms with van der Waals surface area (Å²) in [7, 11) is 4.00. The molecule has 1 N–H and O–H groups in total. The van der Waals surface area contributed by atoms with Crippen molar-refractivity contribution in [3.63, 3.8) is 0 Å². The lowest BCUT2D eigenvalue weighted by Crippen LogP contribution is -2.39. The average molecular weight is 326 g/mol. The molecule has 1 fully saturated rings. The minimum absolute atomic E-state index is 0.0121. The number of hydrogen-bond donors (Lipinski definition) is 1. The summed E-state index contributed by atoms with van der Waals surface area (Å²) in [5.74, 6) is 0. The highest BCUT2D eigenvalue weighted by Gasteiger charge is 2.20. The number of aromatic nitrogens is 1. The van der Waals surface area contributed by atoms with Crippen molar-refractivity contribution in [1.82, 2.24) is 20.1 Å². The van der Waals surface area contributed by atoms with Gasteiger partial charge in [-0.3, -0.25) is 4.98 Å². The molecule has 1 atom stereocenters. The minimum Gasteiger partial charge on any atom is -0.338 e. The zero-order chi connectivity index (χ0) is 16.9. The number of benzene rings is 1. The van der Waals surface area contributed by atoms with Gasteiger partial charge in [-0.2, -0.15) is 0 Å². The summed E-state index contributed by atoms with van der Waals surface area (Å²) in [5, 5.41) is 4.14. The molecule has 0 radical (unpaired) electrons. The third kappa shape index (κ3) is 4.03. The van der Waals surface area contributed by atoms with E-state index in [9.17, 15) is 4.79 Å². The van der Waals surface area contributed by atoms with Crippen molar-refractivity contribution < 1.29 is 4.79 Å². The van der Waals surface area contributed by atoms with Crippen molar-refractivity contribution in [3.05, 3.63) is 42.1 Å². The summed E-state index contributed by atoms with van der Waals surface area (Å²) >= 11 is 0. The predicted molar refractivity (Wildman–Crippen MR) is 96.9 cm³/mol. The summed E-state index contributed by atoms with van der Waals surface area (Å²) < 4.78 is 0. The molecule has 1 unspecified atom stereocenters. The number of likely N-dealkylation sites (tertiary alicyclic amines) is 1. The summed E-state index contributed by atoms with van der Waals surface area (Å²) in [6.07, 6.45) is 5.33. The zero-order valence-corrected chi connectivity index (χ0v) is 14.5. The number of hydrogen-bond acceptors (Lipinski definition) is 3. The lowest BCUT2D eigenvalue weighted by molar-refractivity contribution is 0.205. The molecule has 1 aromatic carbocycles. The first kappa shape index (κ1) is 16.7. The molecule has 1 aliphatic heterocycles. The highest BCUT2D eigenvalue weighted by atomic mass is 16.2. The number of fused-ring (bicyclic) bond motifs is 1. The molecule has 128 valence electrons. The van der Waals surface area contributed by atoms with Gasteiger partial charge >= 0.3 is 6.03 Å². The van der Waals surface area contributed by atoms with Gasteiger partial charge in [0.1, 0.15) is 0 Å². The van der Waals surface area contributed by atoms with E-state index in [2.05, 4.69) is 28.3 Å². The quantitative estimate of drug-likeness (QED) is 0.919. The van der Waals surface area contributed by atoms with Crippen LogP contribution in [0.2, 0.25) is 0 Å². The van der Waals surface area contributed by atoms with E-state index in [1.165, 1.54) is 19.4 Å². The second-order valence-electron chi connectivity index (χ2n) is 6.68. The van der Waals surface area contributed by atoms with Gasteiger partial charge in [0, 0.05) is 37.8 Å². The smallest absolute Gasteiger partial charge is 0.317 e. The minimum atomic E-state index is -0.0121. The largest absolute Gasteiger partial charge is 0.338 e. The molecule has 0 spiro atoms. The Morgan fingerprint density at radius 1 is 1.42 bits per heavy atom. The Kier molecular flexibility index (Phi) is 5.30. The highest BCUT2D eigenvalue weighted by molar-refractivity contribution is 5.79. The van der Waals surface area contributed by atoms with Gasteiger partial charge in [0.05, 0.1) is 5.52 Å². The Balaban J connectivity index is 1.49. The summed E-state index contributed by atoms with van der Waals surface area (Å²) in [6.45, 7) is 2.51. The van der Waals surface area contributed by atoms with Crippen LogP contribution >= 0.6 is 0 Å². The molecule has 2 aromatic rings. The summed E-state index contributed by atoms with van der Waals surface area (Å²) in [5.41, 5.74) is 2.10. The first-order chi connectivity index (χ1) is 11.6. The molecule has 1 aromatic heterocycles. The van der Waals surface area contributed by atoms with Crippen LogP contribution in [0.4, 0.5) is 4.79 Å². The number of nitrogens with one attached hydrogen (secondary N) is 1. The van der Waals surface area contributed by atoms with Crippen molar-refractivity contribution in [3.8, 4) is 0 Å². The topological polar surface area (TPSA) is 48.5 Å². The molecule has 1 aliphatic rings. The second kappa shape index (κ2) is 7.62. The standard InChI is InChI=1S/C19H26N4O/c1-22-12-4-6-17(22)9-11-21-19(24)23(2)14-15-7-8-18-16(13-15)5-3-10-20-18/h3,5,7-8,10,13,17H,4,6,9,11-12,14H2,1-2H3,(H,21,24). The normalized spacial score (nSPS) is 18.0. The number of carbonyl (C=O) groups excluding carboxylic acids is 1. The number of rotatable bonds is 5. The predicted octanol–water partition coefficient (Wildman–Crippen LogP) is 2.86. The van der Waals surface area contributed by atoms with E-state index in [4.69, 9.17) is 0 Å². The SMILES string of the molecule is CN(Cc1ccc2ncccc2c1)C(=O)NCCC1CCCN1C. The van der Waals surface area contributed by atoms with E-state index in [0.717, 1.165) is 29.4 Å². The number of nitrogens with zero attached hydrogens (tertiary/aromatic N) is 3. The molecule has 2 amide bonds. The lowest BCUT2D eigenvalue weighted by Gasteiger charge is -2.21. The monoisotopic (exact) mass is 326 g/mol. The van der Waals surface area contributed by atoms with E-state index in [1.54, 1.807) is 11.1 Å². The van der Waals surface area contributed by atoms with E-state index in [1.807, 2.05) is 31.3 Å². The van der Waals surface area contributed by atoms with Crippen LogP contribution in [0.15, 0.2) is 36.5 Å². The van der Waals surface area contributed by atoms with Crippen LogP contribution < -0.4 is 5.32 Å². The van der Waals surface area contributed by atoms with E-state index in [-0.39, 0.29) is 6.03 Å². The lowest BCUT2D eigenvalue weighted by atomic mass is 10.1. The molecule has 1 saturated heterocycles. The van der Waals surface area contributed by atoms with Gasteiger partial charge < -0.3 is 15.1 Å². The molecule has 0 saturated carbocycles. The van der Waals surface area contributed by atoms with E-state index < -0.39 is 0 Å². The van der Waals surface area contributed by atoms with Gasteiger partial charge in [-0.25, -0.2) is 4.79 Å².